The number of rotatable bonds is 5. The first-order chi connectivity index (χ1) is 13.1. The molecule has 2 atom stereocenters. The van der Waals surface area contributed by atoms with Gasteiger partial charge in [-0.05, 0) is 31.9 Å². The molecule has 6 heteroatoms. The van der Waals surface area contributed by atoms with Crippen LogP contribution in [0.3, 0.4) is 0 Å². The maximum absolute atomic E-state index is 10.4. The Morgan fingerprint density at radius 2 is 1.93 bits per heavy atom. The van der Waals surface area contributed by atoms with E-state index in [-0.39, 0.29) is 41.6 Å². The van der Waals surface area contributed by atoms with Gasteiger partial charge in [-0.3, -0.25) is 4.99 Å². The van der Waals surface area contributed by atoms with Crippen LogP contribution < -0.4 is 10.1 Å². The molecule has 0 spiro atoms. The number of halogens is 1. The molecule has 0 amide bonds. The van der Waals surface area contributed by atoms with E-state index in [2.05, 4.69) is 24.1 Å². The molecule has 0 radical (unpaired) electrons. The summed E-state index contributed by atoms with van der Waals surface area (Å²) in [6, 6.07) is 10.1. The number of nitrogens with zero attached hydrogens (tertiary/aromatic N) is 2. The van der Waals surface area contributed by atoms with Crippen molar-refractivity contribution in [2.45, 2.75) is 64.6 Å². The number of ether oxygens (including phenoxy) is 1. The molecule has 2 unspecified atom stereocenters. The highest BCUT2D eigenvalue weighted by Crippen LogP contribution is 2.36. The Bertz CT molecular complexity index is 605. The molecule has 1 aliphatic heterocycles. The first-order valence-corrected chi connectivity index (χ1v) is 10.5. The Morgan fingerprint density at radius 3 is 2.57 bits per heavy atom. The number of hydrogen-bond donors (Lipinski definition) is 2. The highest BCUT2D eigenvalue weighted by molar-refractivity contribution is 14.0. The fraction of sp³-hybridized carbons (Fsp3) is 0.682. The van der Waals surface area contributed by atoms with Crippen LogP contribution in [0.25, 0.3) is 0 Å². The van der Waals surface area contributed by atoms with E-state index in [9.17, 15) is 5.11 Å². The zero-order chi connectivity index (χ0) is 19.1. The zero-order valence-electron chi connectivity index (χ0n) is 17.3. The van der Waals surface area contributed by atoms with Crippen LogP contribution in [-0.4, -0.2) is 54.4 Å². The van der Waals surface area contributed by atoms with Crippen molar-refractivity contribution >= 4 is 29.9 Å². The Kier molecular flexibility index (Phi) is 9.34. The SMILES string of the molecule is CCNC(=NCC1(C)CCCCC1O)N1CCC(Oc2ccccc2)CC1.I. The van der Waals surface area contributed by atoms with Crippen LogP contribution >= 0.6 is 24.0 Å². The summed E-state index contributed by atoms with van der Waals surface area (Å²) >= 11 is 0. The highest BCUT2D eigenvalue weighted by Gasteiger charge is 2.35. The standard InChI is InChI=1S/C22H35N3O2.HI/c1-3-23-21(24-17-22(2)14-8-7-11-20(22)26)25-15-12-19(13-16-25)27-18-9-5-4-6-10-18;/h4-6,9-10,19-20,26H,3,7-8,11-17H2,1-2H3,(H,23,24);1H. The monoisotopic (exact) mass is 501 g/mol. The van der Waals surface area contributed by atoms with E-state index in [1.54, 1.807) is 0 Å². The highest BCUT2D eigenvalue weighted by atomic mass is 127. The number of guanidine groups is 1. The predicted octanol–water partition coefficient (Wildman–Crippen LogP) is 4.05. The maximum atomic E-state index is 10.4. The molecule has 2 aliphatic rings. The molecule has 1 heterocycles. The lowest BCUT2D eigenvalue weighted by Gasteiger charge is -2.38. The molecule has 1 aliphatic carbocycles. The van der Waals surface area contributed by atoms with Crippen molar-refractivity contribution in [2.75, 3.05) is 26.2 Å². The molecular formula is C22H36IN3O2. The molecule has 0 bridgehead atoms. The van der Waals surface area contributed by atoms with Gasteiger partial charge in [-0.25, -0.2) is 0 Å². The second kappa shape index (κ2) is 11.2. The summed E-state index contributed by atoms with van der Waals surface area (Å²) in [4.78, 5) is 7.26. The van der Waals surface area contributed by atoms with Gasteiger partial charge in [-0.2, -0.15) is 0 Å². The van der Waals surface area contributed by atoms with Crippen LogP contribution in [0.4, 0.5) is 0 Å². The normalized spacial score (nSPS) is 26.5. The zero-order valence-corrected chi connectivity index (χ0v) is 19.6. The summed E-state index contributed by atoms with van der Waals surface area (Å²) in [5.74, 6) is 1.94. The molecule has 1 aromatic rings. The summed E-state index contributed by atoms with van der Waals surface area (Å²) in [6.07, 6.45) is 6.33. The lowest BCUT2D eigenvalue weighted by molar-refractivity contribution is 0.00697. The van der Waals surface area contributed by atoms with Crippen LogP contribution in [0.2, 0.25) is 0 Å². The second-order valence-corrected chi connectivity index (χ2v) is 8.20. The van der Waals surface area contributed by atoms with Crippen LogP contribution in [0, 0.1) is 5.41 Å². The largest absolute Gasteiger partial charge is 0.490 e. The van der Waals surface area contributed by atoms with Gasteiger partial charge >= 0.3 is 0 Å². The number of benzene rings is 1. The second-order valence-electron chi connectivity index (χ2n) is 8.20. The van der Waals surface area contributed by atoms with Gasteiger partial charge in [-0.1, -0.05) is 38.0 Å². The van der Waals surface area contributed by atoms with Gasteiger partial charge in [0.25, 0.3) is 0 Å². The minimum absolute atomic E-state index is 0. The van der Waals surface area contributed by atoms with Crippen molar-refractivity contribution in [1.29, 1.82) is 0 Å². The molecule has 1 saturated carbocycles. The predicted molar refractivity (Wildman–Crippen MR) is 126 cm³/mol. The van der Waals surface area contributed by atoms with Gasteiger partial charge in [0.05, 0.1) is 12.6 Å². The number of nitrogens with one attached hydrogen (secondary N) is 1. The molecule has 1 aromatic carbocycles. The molecule has 28 heavy (non-hydrogen) atoms. The molecule has 3 rings (SSSR count). The summed E-state index contributed by atoms with van der Waals surface area (Å²) in [5, 5.41) is 13.9. The van der Waals surface area contributed by atoms with Gasteiger partial charge in [0.1, 0.15) is 11.9 Å². The van der Waals surface area contributed by atoms with E-state index in [0.717, 1.165) is 63.4 Å². The first-order valence-electron chi connectivity index (χ1n) is 10.5. The molecular weight excluding hydrogens is 465 g/mol. The van der Waals surface area contributed by atoms with Crippen molar-refractivity contribution in [3.05, 3.63) is 30.3 Å². The average molecular weight is 501 g/mol. The average Bonchev–Trinajstić information content (AvgIpc) is 2.69. The lowest BCUT2D eigenvalue weighted by atomic mass is 9.73. The number of aliphatic hydroxyl groups excluding tert-OH is 1. The number of hydrogen-bond acceptors (Lipinski definition) is 3. The summed E-state index contributed by atoms with van der Waals surface area (Å²) in [7, 11) is 0. The molecule has 0 aromatic heterocycles. The van der Waals surface area contributed by atoms with E-state index >= 15 is 0 Å². The van der Waals surface area contributed by atoms with Crippen molar-refractivity contribution in [3.8, 4) is 5.75 Å². The van der Waals surface area contributed by atoms with Crippen LogP contribution in [0.5, 0.6) is 5.75 Å². The van der Waals surface area contributed by atoms with Crippen molar-refractivity contribution in [3.63, 3.8) is 0 Å². The first kappa shape index (κ1) is 23.3. The molecule has 158 valence electrons. The number of aliphatic imine (C=N–C) groups is 1. The van der Waals surface area contributed by atoms with Gasteiger partial charge in [0.15, 0.2) is 5.96 Å². The number of aliphatic hydroxyl groups is 1. The van der Waals surface area contributed by atoms with E-state index in [0.29, 0.717) is 6.54 Å². The number of piperidine rings is 1. The number of likely N-dealkylation sites (tertiary alicyclic amines) is 1. The lowest BCUT2D eigenvalue weighted by Crippen LogP contribution is -2.48. The third-order valence-corrected chi connectivity index (χ3v) is 5.99. The third-order valence-electron chi connectivity index (χ3n) is 5.99. The number of para-hydroxylation sites is 1. The minimum atomic E-state index is -0.233. The quantitative estimate of drug-likeness (QED) is 0.363. The summed E-state index contributed by atoms with van der Waals surface area (Å²) in [5.41, 5.74) is -0.0896. The van der Waals surface area contributed by atoms with Gasteiger partial charge < -0.3 is 20.1 Å². The van der Waals surface area contributed by atoms with Crippen molar-refractivity contribution in [1.82, 2.24) is 10.2 Å². The van der Waals surface area contributed by atoms with Crippen LogP contribution in [0.15, 0.2) is 35.3 Å². The van der Waals surface area contributed by atoms with Crippen LogP contribution in [0.1, 0.15) is 52.4 Å². The molecule has 1 saturated heterocycles. The Morgan fingerprint density at radius 1 is 1.21 bits per heavy atom. The third kappa shape index (κ3) is 6.24. The fourth-order valence-electron chi connectivity index (χ4n) is 4.12. The van der Waals surface area contributed by atoms with Gasteiger partial charge in [0, 0.05) is 37.9 Å². The minimum Gasteiger partial charge on any atom is -0.490 e. The van der Waals surface area contributed by atoms with Crippen molar-refractivity contribution < 1.29 is 9.84 Å². The Balaban J connectivity index is 0.00000280. The van der Waals surface area contributed by atoms with Crippen LogP contribution in [-0.2, 0) is 0 Å². The van der Waals surface area contributed by atoms with E-state index in [4.69, 9.17) is 9.73 Å². The van der Waals surface area contributed by atoms with E-state index in [1.807, 2.05) is 30.3 Å². The smallest absolute Gasteiger partial charge is 0.193 e. The van der Waals surface area contributed by atoms with E-state index in [1.165, 1.54) is 6.42 Å². The van der Waals surface area contributed by atoms with Gasteiger partial charge in [-0.15, -0.1) is 24.0 Å². The fourth-order valence-corrected chi connectivity index (χ4v) is 4.12. The molecule has 2 N–H and O–H groups in total. The Hall–Kier alpha value is -1.02. The molecule has 5 nitrogen and oxygen atoms in total. The Labute approximate surface area is 187 Å². The maximum Gasteiger partial charge on any atom is 0.193 e. The van der Waals surface area contributed by atoms with Gasteiger partial charge in [0.2, 0.25) is 0 Å². The van der Waals surface area contributed by atoms with Crippen molar-refractivity contribution in [2.24, 2.45) is 10.4 Å². The topological polar surface area (TPSA) is 57.1 Å². The summed E-state index contributed by atoms with van der Waals surface area (Å²) < 4.78 is 6.11. The molecule has 2 fully saturated rings. The summed E-state index contributed by atoms with van der Waals surface area (Å²) in [6.45, 7) is 7.74. The van der Waals surface area contributed by atoms with E-state index < -0.39 is 0 Å².